The van der Waals surface area contributed by atoms with Crippen molar-refractivity contribution in [3.63, 3.8) is 0 Å². The number of hydrogen-bond donors (Lipinski definition) is 1. The third-order valence-corrected chi connectivity index (χ3v) is 5.21. The first kappa shape index (κ1) is 22.9. The van der Waals surface area contributed by atoms with E-state index in [9.17, 15) is 30.3 Å². The molecule has 0 unspecified atom stereocenters. The number of nitro benzene ring substituents is 3. The highest BCUT2D eigenvalue weighted by Gasteiger charge is 2.21. The van der Waals surface area contributed by atoms with Crippen molar-refractivity contribution in [1.82, 2.24) is 4.98 Å². The minimum absolute atomic E-state index is 0.0485. The van der Waals surface area contributed by atoms with Crippen LogP contribution in [-0.2, 0) is 0 Å². The zero-order valence-electron chi connectivity index (χ0n) is 18.1. The van der Waals surface area contributed by atoms with Crippen LogP contribution in [-0.4, -0.2) is 25.5 Å². The number of aromatic nitrogens is 1. The number of nitrogens with zero attached hydrogens (tertiary/aromatic N) is 5. The molecular weight excluding hydrogens is 456 g/mol. The molecule has 1 aromatic heterocycles. The Morgan fingerprint density at radius 2 is 1.54 bits per heavy atom. The molecule has 0 saturated heterocycles. The maximum atomic E-state index is 11.6. The first-order valence-corrected chi connectivity index (χ1v) is 10.1. The number of anilines is 1. The highest BCUT2D eigenvalue weighted by atomic mass is 16.6. The number of pyridine rings is 1. The molecule has 0 amide bonds. The van der Waals surface area contributed by atoms with Crippen molar-refractivity contribution in [3.8, 4) is 11.3 Å². The zero-order valence-corrected chi connectivity index (χ0v) is 18.1. The average molecular weight is 472 g/mol. The number of hydrazone groups is 1. The van der Waals surface area contributed by atoms with Crippen molar-refractivity contribution >= 4 is 39.4 Å². The zero-order chi connectivity index (χ0) is 25.1. The molecule has 4 aromatic rings. The Morgan fingerprint density at radius 3 is 2.20 bits per heavy atom. The Kier molecular flexibility index (Phi) is 6.10. The van der Waals surface area contributed by atoms with E-state index in [1.807, 2.05) is 30.3 Å². The molecule has 0 aliphatic heterocycles. The monoisotopic (exact) mass is 472 g/mol. The number of hydrogen-bond acceptors (Lipinski definition) is 9. The van der Waals surface area contributed by atoms with Crippen LogP contribution in [0.25, 0.3) is 22.2 Å². The van der Waals surface area contributed by atoms with E-state index in [0.29, 0.717) is 22.4 Å². The lowest BCUT2D eigenvalue weighted by Gasteiger charge is -2.11. The van der Waals surface area contributed by atoms with Gasteiger partial charge in [0.1, 0.15) is 11.2 Å². The van der Waals surface area contributed by atoms with Crippen molar-refractivity contribution in [3.05, 3.63) is 109 Å². The predicted octanol–water partition coefficient (Wildman–Crippen LogP) is 5.46. The van der Waals surface area contributed by atoms with E-state index in [1.165, 1.54) is 18.2 Å². The molecule has 1 N–H and O–H groups in total. The van der Waals surface area contributed by atoms with Crippen molar-refractivity contribution in [2.75, 3.05) is 5.43 Å². The van der Waals surface area contributed by atoms with E-state index in [4.69, 9.17) is 0 Å². The molecule has 0 fully saturated rings. The smallest absolute Gasteiger partial charge is 0.271 e. The van der Waals surface area contributed by atoms with E-state index in [1.54, 1.807) is 19.1 Å². The summed E-state index contributed by atoms with van der Waals surface area (Å²) in [6.07, 6.45) is 0. The lowest BCUT2D eigenvalue weighted by Crippen LogP contribution is -2.05. The van der Waals surface area contributed by atoms with Crippen molar-refractivity contribution in [1.29, 1.82) is 0 Å². The van der Waals surface area contributed by atoms with Crippen LogP contribution in [0, 0.1) is 30.3 Å². The van der Waals surface area contributed by atoms with E-state index in [2.05, 4.69) is 15.5 Å². The summed E-state index contributed by atoms with van der Waals surface area (Å²) < 4.78 is 0. The molecule has 0 aliphatic carbocycles. The van der Waals surface area contributed by atoms with Gasteiger partial charge in [0.25, 0.3) is 11.4 Å². The van der Waals surface area contributed by atoms with Crippen molar-refractivity contribution < 1.29 is 14.8 Å². The number of fused-ring (bicyclic) bond motifs is 1. The van der Waals surface area contributed by atoms with Gasteiger partial charge in [0, 0.05) is 28.6 Å². The first-order chi connectivity index (χ1) is 16.8. The van der Waals surface area contributed by atoms with Gasteiger partial charge in [0.2, 0.25) is 0 Å². The third-order valence-electron chi connectivity index (χ3n) is 5.21. The van der Waals surface area contributed by atoms with Gasteiger partial charge >= 0.3 is 5.69 Å². The molecule has 0 saturated carbocycles. The Hall–Kier alpha value is -5.26. The maximum Gasteiger partial charge on any atom is 0.301 e. The minimum atomic E-state index is -0.751. The number of nitro groups is 3. The molecule has 0 atom stereocenters. The van der Waals surface area contributed by atoms with Gasteiger partial charge in [0.05, 0.1) is 32.2 Å². The molecule has 35 heavy (non-hydrogen) atoms. The van der Waals surface area contributed by atoms with Crippen LogP contribution in [0.4, 0.5) is 22.7 Å². The summed E-state index contributed by atoms with van der Waals surface area (Å²) in [4.78, 5) is 36.5. The van der Waals surface area contributed by atoms with Crippen molar-refractivity contribution in [2.24, 2.45) is 5.10 Å². The Labute approximate surface area is 197 Å². The van der Waals surface area contributed by atoms with Gasteiger partial charge in [0.15, 0.2) is 0 Å². The molecule has 1 heterocycles. The van der Waals surface area contributed by atoms with Crippen molar-refractivity contribution in [2.45, 2.75) is 6.92 Å². The lowest BCUT2D eigenvalue weighted by molar-refractivity contribution is -0.393. The molecule has 3 aromatic carbocycles. The molecule has 12 nitrogen and oxygen atoms in total. The van der Waals surface area contributed by atoms with Crippen LogP contribution in [0.3, 0.4) is 0 Å². The summed E-state index contributed by atoms with van der Waals surface area (Å²) in [7, 11) is 0. The fraction of sp³-hybridized carbons (Fsp3) is 0.0435. The quantitative estimate of drug-likeness (QED) is 0.210. The lowest BCUT2D eigenvalue weighted by atomic mass is 10.0. The summed E-state index contributed by atoms with van der Waals surface area (Å²) in [5, 5.41) is 38.7. The molecular formula is C23H16N6O6. The molecule has 0 aliphatic rings. The number of non-ortho nitro benzene ring substituents is 2. The van der Waals surface area contributed by atoms with Gasteiger partial charge in [-0.05, 0) is 19.1 Å². The second-order valence-electron chi connectivity index (χ2n) is 7.38. The number of benzene rings is 3. The first-order valence-electron chi connectivity index (χ1n) is 10.1. The molecule has 0 bridgehead atoms. The van der Waals surface area contributed by atoms with Crippen LogP contribution in [0.15, 0.2) is 77.9 Å². The van der Waals surface area contributed by atoms with Gasteiger partial charge in [-0.15, -0.1) is 0 Å². The average Bonchev–Trinajstić information content (AvgIpc) is 2.86. The largest absolute Gasteiger partial charge is 0.301 e. The molecule has 12 heteroatoms. The van der Waals surface area contributed by atoms with Gasteiger partial charge in [-0.2, -0.15) is 5.10 Å². The predicted molar refractivity (Wildman–Crippen MR) is 129 cm³/mol. The van der Waals surface area contributed by atoms with Crippen LogP contribution in [0.1, 0.15) is 12.5 Å². The normalized spacial score (nSPS) is 11.3. The topological polar surface area (TPSA) is 167 Å². The van der Waals surface area contributed by atoms with E-state index in [0.717, 1.165) is 17.7 Å². The number of nitrogens with one attached hydrogen (secondary N) is 1. The van der Waals surface area contributed by atoms with Gasteiger partial charge in [-0.25, -0.2) is 4.98 Å². The Morgan fingerprint density at radius 1 is 0.829 bits per heavy atom. The molecule has 0 spiro atoms. The summed E-state index contributed by atoms with van der Waals surface area (Å²) in [6.45, 7) is 1.63. The summed E-state index contributed by atoms with van der Waals surface area (Å²) in [6, 6.07) is 18.6. The molecule has 0 radical (unpaired) electrons. The molecule has 174 valence electrons. The van der Waals surface area contributed by atoms with Gasteiger partial charge in [-0.3, -0.25) is 35.8 Å². The summed E-state index contributed by atoms with van der Waals surface area (Å²) >= 11 is 0. The summed E-state index contributed by atoms with van der Waals surface area (Å²) in [5.41, 5.74) is 3.70. The van der Waals surface area contributed by atoms with Crippen LogP contribution in [0.2, 0.25) is 0 Å². The standard InChI is InChI=1S/C23H16N6O6/c1-14(25-26-19-11-10-16(27(30)31)12-22(19)29(34)35)18-13-20(15-6-3-2-4-7-15)24-23-17(18)8-5-9-21(23)28(32)33/h2-13,26H,1H3/b25-14+. The fourth-order valence-corrected chi connectivity index (χ4v) is 3.52. The van der Waals surface area contributed by atoms with Crippen LogP contribution >= 0.6 is 0 Å². The minimum Gasteiger partial charge on any atom is -0.271 e. The fourth-order valence-electron chi connectivity index (χ4n) is 3.52. The second kappa shape index (κ2) is 9.31. The second-order valence-corrected chi connectivity index (χ2v) is 7.38. The third kappa shape index (κ3) is 4.61. The highest BCUT2D eigenvalue weighted by Crippen LogP contribution is 2.32. The summed E-state index contributed by atoms with van der Waals surface area (Å²) in [5.74, 6) is 0. The van der Waals surface area contributed by atoms with Gasteiger partial charge in [-0.1, -0.05) is 42.5 Å². The Bertz CT molecular complexity index is 1520. The Balaban J connectivity index is 1.85. The number of para-hydroxylation sites is 1. The molecule has 4 rings (SSSR count). The number of rotatable bonds is 7. The SMILES string of the molecule is C/C(=N\Nc1ccc([N+](=O)[O-])cc1[N+](=O)[O-])c1cc(-c2ccccc2)nc2c([N+](=O)[O-])cccc12. The van der Waals surface area contributed by atoms with Crippen LogP contribution < -0.4 is 5.43 Å². The van der Waals surface area contributed by atoms with E-state index < -0.39 is 26.1 Å². The van der Waals surface area contributed by atoms with E-state index >= 15 is 0 Å². The maximum absolute atomic E-state index is 11.6. The van der Waals surface area contributed by atoms with E-state index in [-0.39, 0.29) is 16.9 Å². The van der Waals surface area contributed by atoms with Gasteiger partial charge < -0.3 is 0 Å². The highest BCUT2D eigenvalue weighted by molar-refractivity contribution is 6.11. The van der Waals surface area contributed by atoms with Crippen LogP contribution in [0.5, 0.6) is 0 Å².